The molecule has 0 radical (unpaired) electrons. The molecule has 0 aliphatic carbocycles. The van der Waals surface area contributed by atoms with Crippen LogP contribution in [-0.4, -0.2) is 35.3 Å². The number of ether oxygens (including phenoxy) is 1. The summed E-state index contributed by atoms with van der Waals surface area (Å²) in [5, 5.41) is 0. The Morgan fingerprint density at radius 3 is 2.80 bits per heavy atom. The first-order chi connectivity index (χ1) is 6.88. The smallest absolute Gasteiger partial charge is 0.414 e. The topological polar surface area (TPSA) is 59.0 Å². The predicted molar refractivity (Wildman–Crippen MR) is 55.6 cm³/mol. The standard InChI is InChI=1S/C10H14N2O3/c1-10(2,3)15-9(14)12-6-4-8(13)11-5-7-12/h4-6H,7H2,1-3H3. The number of hydrogen-bond acceptors (Lipinski definition) is 3. The van der Waals surface area contributed by atoms with Crippen LogP contribution in [0.25, 0.3) is 0 Å². The summed E-state index contributed by atoms with van der Waals surface area (Å²) < 4.78 is 5.13. The van der Waals surface area contributed by atoms with Crippen LogP contribution in [-0.2, 0) is 9.53 Å². The van der Waals surface area contributed by atoms with Crippen molar-refractivity contribution in [2.75, 3.05) is 6.54 Å². The zero-order chi connectivity index (χ0) is 11.5. The van der Waals surface area contributed by atoms with E-state index in [4.69, 9.17) is 4.74 Å². The molecule has 1 aliphatic rings. The Bertz CT molecular complexity index is 326. The van der Waals surface area contributed by atoms with Crippen molar-refractivity contribution in [1.29, 1.82) is 0 Å². The van der Waals surface area contributed by atoms with Crippen molar-refractivity contribution in [3.63, 3.8) is 0 Å². The van der Waals surface area contributed by atoms with Gasteiger partial charge in [0.1, 0.15) is 5.60 Å². The largest absolute Gasteiger partial charge is 0.443 e. The predicted octanol–water partition coefficient (Wildman–Crippen LogP) is 1.35. The molecule has 0 bridgehead atoms. The second kappa shape index (κ2) is 4.25. The van der Waals surface area contributed by atoms with Crippen LogP contribution in [0.3, 0.4) is 0 Å². The van der Waals surface area contributed by atoms with E-state index in [1.54, 1.807) is 20.8 Å². The molecule has 0 N–H and O–H groups in total. The molecule has 15 heavy (non-hydrogen) atoms. The third-order valence-electron chi connectivity index (χ3n) is 1.52. The number of aliphatic imine (C=N–C) groups is 1. The molecule has 5 nitrogen and oxygen atoms in total. The van der Waals surface area contributed by atoms with Crippen molar-refractivity contribution < 1.29 is 14.3 Å². The van der Waals surface area contributed by atoms with Gasteiger partial charge in [-0.15, -0.1) is 0 Å². The molecule has 1 heterocycles. The van der Waals surface area contributed by atoms with Crippen molar-refractivity contribution in [2.24, 2.45) is 4.99 Å². The monoisotopic (exact) mass is 210 g/mol. The quantitative estimate of drug-likeness (QED) is 0.606. The van der Waals surface area contributed by atoms with Crippen molar-refractivity contribution in [3.05, 3.63) is 12.3 Å². The molecule has 82 valence electrons. The molecule has 0 spiro atoms. The van der Waals surface area contributed by atoms with Gasteiger partial charge in [-0.25, -0.2) is 9.79 Å². The van der Waals surface area contributed by atoms with Crippen LogP contribution in [0.1, 0.15) is 20.8 Å². The molecule has 0 aromatic carbocycles. The van der Waals surface area contributed by atoms with Gasteiger partial charge in [0, 0.05) is 18.5 Å². The number of nitrogens with zero attached hydrogens (tertiary/aromatic N) is 2. The molecule has 0 atom stereocenters. The van der Waals surface area contributed by atoms with Gasteiger partial charge in [0.2, 0.25) is 0 Å². The van der Waals surface area contributed by atoms with E-state index < -0.39 is 11.7 Å². The van der Waals surface area contributed by atoms with E-state index in [1.807, 2.05) is 0 Å². The van der Waals surface area contributed by atoms with E-state index >= 15 is 0 Å². The zero-order valence-corrected chi connectivity index (χ0v) is 9.06. The van der Waals surface area contributed by atoms with Crippen LogP contribution in [0.5, 0.6) is 0 Å². The summed E-state index contributed by atoms with van der Waals surface area (Å²) in [6.07, 6.45) is 3.50. The molecule has 0 saturated heterocycles. The molecule has 0 unspecified atom stereocenters. The minimum absolute atomic E-state index is 0.247. The fourth-order valence-corrected chi connectivity index (χ4v) is 0.932. The Kier molecular flexibility index (Phi) is 3.24. The first-order valence-electron chi connectivity index (χ1n) is 4.63. The fourth-order valence-electron chi connectivity index (χ4n) is 0.932. The van der Waals surface area contributed by atoms with Crippen molar-refractivity contribution in [1.82, 2.24) is 4.90 Å². The van der Waals surface area contributed by atoms with Crippen molar-refractivity contribution in [2.45, 2.75) is 26.4 Å². The maximum atomic E-state index is 11.6. The number of rotatable bonds is 0. The van der Waals surface area contributed by atoms with E-state index in [9.17, 15) is 9.59 Å². The zero-order valence-electron chi connectivity index (χ0n) is 9.06. The lowest BCUT2D eigenvalue weighted by Crippen LogP contribution is -2.34. The van der Waals surface area contributed by atoms with Gasteiger partial charge in [-0.2, -0.15) is 0 Å². The summed E-state index contributed by atoms with van der Waals surface area (Å²) in [7, 11) is 0. The van der Waals surface area contributed by atoms with Crippen LogP contribution in [0.4, 0.5) is 4.79 Å². The van der Waals surface area contributed by atoms with Crippen LogP contribution in [0, 0.1) is 0 Å². The van der Waals surface area contributed by atoms with Crippen LogP contribution in [0.15, 0.2) is 17.3 Å². The van der Waals surface area contributed by atoms with Crippen LogP contribution < -0.4 is 0 Å². The summed E-state index contributed by atoms with van der Waals surface area (Å²) in [5.41, 5.74) is -0.543. The third-order valence-corrected chi connectivity index (χ3v) is 1.52. The van der Waals surface area contributed by atoms with Gasteiger partial charge < -0.3 is 4.74 Å². The molecule has 1 aliphatic heterocycles. The van der Waals surface area contributed by atoms with Gasteiger partial charge in [0.25, 0.3) is 5.91 Å². The Labute approximate surface area is 88.4 Å². The molecule has 0 aromatic rings. The van der Waals surface area contributed by atoms with E-state index in [1.165, 1.54) is 23.4 Å². The third kappa shape index (κ3) is 3.93. The summed E-state index contributed by atoms with van der Waals surface area (Å²) in [6, 6.07) is 0. The first kappa shape index (κ1) is 11.4. The van der Waals surface area contributed by atoms with Crippen LogP contribution >= 0.6 is 0 Å². The minimum Gasteiger partial charge on any atom is -0.443 e. The number of carbonyl (C=O) groups excluding carboxylic acids is 2. The fraction of sp³-hybridized carbons (Fsp3) is 0.500. The lowest BCUT2D eigenvalue weighted by atomic mass is 10.2. The van der Waals surface area contributed by atoms with Gasteiger partial charge in [-0.05, 0) is 20.8 Å². The van der Waals surface area contributed by atoms with Gasteiger partial charge in [0.05, 0.1) is 6.54 Å². The van der Waals surface area contributed by atoms with E-state index in [2.05, 4.69) is 4.99 Å². The Balaban J connectivity index is 2.65. The van der Waals surface area contributed by atoms with Gasteiger partial charge >= 0.3 is 6.09 Å². The Morgan fingerprint density at radius 1 is 1.53 bits per heavy atom. The lowest BCUT2D eigenvalue weighted by molar-refractivity contribution is -0.113. The number of hydrogen-bond donors (Lipinski definition) is 0. The number of carbonyl (C=O) groups is 2. The van der Waals surface area contributed by atoms with E-state index in [-0.39, 0.29) is 12.5 Å². The molecular formula is C10H14N2O3. The second-order valence-corrected chi connectivity index (χ2v) is 4.10. The van der Waals surface area contributed by atoms with Gasteiger partial charge in [0.15, 0.2) is 0 Å². The molecule has 5 heteroatoms. The molecule has 1 rings (SSSR count). The number of amides is 2. The normalized spacial score (nSPS) is 16.5. The summed E-state index contributed by atoms with van der Waals surface area (Å²) in [4.78, 5) is 27.3. The summed E-state index contributed by atoms with van der Waals surface area (Å²) >= 11 is 0. The maximum absolute atomic E-state index is 11.6. The molecule has 2 amide bonds. The Morgan fingerprint density at radius 2 is 2.20 bits per heavy atom. The summed E-state index contributed by atoms with van der Waals surface area (Å²) in [5.74, 6) is -0.374. The second-order valence-electron chi connectivity index (χ2n) is 4.10. The minimum atomic E-state index is -0.543. The molecule has 0 saturated carbocycles. The lowest BCUT2D eigenvalue weighted by Gasteiger charge is -2.23. The SMILES string of the molecule is CC(C)(C)OC(=O)N1C=CC(=O)N=CC1. The van der Waals surface area contributed by atoms with Gasteiger partial charge in [-0.3, -0.25) is 9.69 Å². The first-order valence-corrected chi connectivity index (χ1v) is 4.63. The van der Waals surface area contributed by atoms with Crippen LogP contribution in [0.2, 0.25) is 0 Å². The highest BCUT2D eigenvalue weighted by atomic mass is 16.6. The molecular weight excluding hydrogens is 196 g/mol. The highest BCUT2D eigenvalue weighted by Crippen LogP contribution is 2.10. The summed E-state index contributed by atoms with van der Waals surface area (Å²) in [6.45, 7) is 5.60. The Hall–Kier alpha value is -1.65. The van der Waals surface area contributed by atoms with E-state index in [0.717, 1.165) is 0 Å². The molecule has 0 aromatic heterocycles. The maximum Gasteiger partial charge on any atom is 0.414 e. The van der Waals surface area contributed by atoms with Crippen molar-refractivity contribution in [3.8, 4) is 0 Å². The van der Waals surface area contributed by atoms with E-state index in [0.29, 0.717) is 0 Å². The van der Waals surface area contributed by atoms with Crippen molar-refractivity contribution >= 4 is 18.2 Å². The average Bonchev–Trinajstić information content (AvgIpc) is 2.26. The molecule has 0 fully saturated rings. The average molecular weight is 210 g/mol. The van der Waals surface area contributed by atoms with Gasteiger partial charge in [-0.1, -0.05) is 0 Å². The highest BCUT2D eigenvalue weighted by Gasteiger charge is 2.20. The highest BCUT2D eigenvalue weighted by molar-refractivity contribution is 5.95.